The van der Waals surface area contributed by atoms with Gasteiger partial charge in [0.1, 0.15) is 11.3 Å². The fraction of sp³-hybridized carbons (Fsp3) is 0.538. The van der Waals surface area contributed by atoms with Crippen LogP contribution in [0.25, 0.3) is 0 Å². The smallest absolute Gasteiger partial charge is 0.337 e. The predicted molar refractivity (Wildman–Crippen MR) is 70.0 cm³/mol. The first kappa shape index (κ1) is 15.6. The molecule has 0 bridgehead atoms. The summed E-state index contributed by atoms with van der Waals surface area (Å²) in [6, 6.07) is 1.79. The fourth-order valence-electron chi connectivity index (χ4n) is 2.38. The van der Waals surface area contributed by atoms with Crippen molar-refractivity contribution in [3.63, 3.8) is 0 Å². The minimum atomic E-state index is -4.64. The number of carbonyl (C=O) groups excluding carboxylic acids is 1. The lowest BCUT2D eigenvalue weighted by Gasteiger charge is -2.32. The number of hydrogen-bond acceptors (Lipinski definition) is 3. The SMILES string of the molecule is CNC1CCCN(C(=O)c2ccc(C(F)(F)F)[nH]c2=O)C1. The Balaban J connectivity index is 2.22. The van der Waals surface area contributed by atoms with E-state index >= 15 is 0 Å². The highest BCUT2D eigenvalue weighted by Crippen LogP contribution is 2.26. The number of H-pyrrole nitrogens is 1. The van der Waals surface area contributed by atoms with Crippen LogP contribution < -0.4 is 10.9 Å². The van der Waals surface area contributed by atoms with E-state index < -0.39 is 23.3 Å². The van der Waals surface area contributed by atoms with Crippen molar-refractivity contribution in [3.05, 3.63) is 33.7 Å². The van der Waals surface area contributed by atoms with E-state index in [1.54, 1.807) is 12.0 Å². The van der Waals surface area contributed by atoms with Crippen LogP contribution in [0.5, 0.6) is 0 Å². The number of halogens is 3. The van der Waals surface area contributed by atoms with Crippen LogP contribution in [0.15, 0.2) is 16.9 Å². The standard InChI is InChI=1S/C13H16F3N3O2/c1-17-8-3-2-6-19(7-8)12(21)9-4-5-10(13(14,15)16)18-11(9)20/h4-5,8,17H,2-3,6-7H2,1H3,(H,18,20). The first-order valence-corrected chi connectivity index (χ1v) is 6.60. The lowest BCUT2D eigenvalue weighted by atomic mass is 10.0. The summed E-state index contributed by atoms with van der Waals surface area (Å²) in [5.41, 5.74) is -2.43. The molecular formula is C13H16F3N3O2. The van der Waals surface area contributed by atoms with Crippen molar-refractivity contribution >= 4 is 5.91 Å². The largest absolute Gasteiger partial charge is 0.431 e. The Morgan fingerprint density at radius 1 is 1.43 bits per heavy atom. The number of nitrogens with one attached hydrogen (secondary N) is 2. The van der Waals surface area contributed by atoms with Crippen LogP contribution >= 0.6 is 0 Å². The minimum absolute atomic E-state index is 0.135. The fourth-order valence-corrected chi connectivity index (χ4v) is 2.38. The van der Waals surface area contributed by atoms with E-state index in [9.17, 15) is 22.8 Å². The van der Waals surface area contributed by atoms with Crippen molar-refractivity contribution in [2.24, 2.45) is 0 Å². The summed E-state index contributed by atoms with van der Waals surface area (Å²) in [5.74, 6) is -0.537. The molecule has 1 aliphatic heterocycles. The van der Waals surface area contributed by atoms with E-state index in [0.29, 0.717) is 19.2 Å². The van der Waals surface area contributed by atoms with Crippen molar-refractivity contribution in [1.82, 2.24) is 15.2 Å². The molecule has 1 aromatic heterocycles. The number of carbonyl (C=O) groups is 1. The maximum absolute atomic E-state index is 12.5. The number of pyridine rings is 1. The number of piperidine rings is 1. The highest BCUT2D eigenvalue weighted by Gasteiger charge is 2.33. The Bertz CT molecular complexity index is 583. The van der Waals surface area contributed by atoms with Crippen LogP contribution in [0.4, 0.5) is 13.2 Å². The Hall–Kier alpha value is -1.83. The number of nitrogens with zero attached hydrogens (tertiary/aromatic N) is 1. The Labute approximate surface area is 119 Å². The number of aromatic amines is 1. The minimum Gasteiger partial charge on any atom is -0.337 e. The molecule has 0 aromatic carbocycles. The van der Waals surface area contributed by atoms with Crippen LogP contribution in [-0.4, -0.2) is 42.0 Å². The van der Waals surface area contributed by atoms with Gasteiger partial charge in [-0.05, 0) is 32.0 Å². The molecule has 1 aromatic rings. The lowest BCUT2D eigenvalue weighted by molar-refractivity contribution is -0.141. The van der Waals surface area contributed by atoms with Crippen molar-refractivity contribution in [3.8, 4) is 0 Å². The summed E-state index contributed by atoms with van der Waals surface area (Å²) < 4.78 is 37.4. The summed E-state index contributed by atoms with van der Waals surface area (Å²) in [4.78, 5) is 27.1. The van der Waals surface area contributed by atoms with Gasteiger partial charge in [-0.2, -0.15) is 13.2 Å². The van der Waals surface area contributed by atoms with Gasteiger partial charge in [-0.3, -0.25) is 9.59 Å². The van der Waals surface area contributed by atoms with E-state index in [2.05, 4.69) is 5.32 Å². The van der Waals surface area contributed by atoms with Crippen LogP contribution in [0.2, 0.25) is 0 Å². The van der Waals surface area contributed by atoms with E-state index in [1.165, 1.54) is 4.90 Å². The molecule has 21 heavy (non-hydrogen) atoms. The molecule has 1 atom stereocenters. The Kier molecular flexibility index (Phi) is 4.36. The molecule has 0 spiro atoms. The molecule has 1 saturated heterocycles. The number of alkyl halides is 3. The van der Waals surface area contributed by atoms with Crippen LogP contribution in [0, 0.1) is 0 Å². The average molecular weight is 303 g/mol. The van der Waals surface area contributed by atoms with Gasteiger partial charge in [-0.15, -0.1) is 0 Å². The molecule has 2 heterocycles. The topological polar surface area (TPSA) is 65.2 Å². The van der Waals surface area contributed by atoms with E-state index in [-0.39, 0.29) is 11.6 Å². The van der Waals surface area contributed by atoms with Gasteiger partial charge in [0.05, 0.1) is 0 Å². The average Bonchev–Trinajstić information content (AvgIpc) is 2.45. The normalized spacial score (nSPS) is 19.6. The number of rotatable bonds is 2. The number of aromatic nitrogens is 1. The van der Waals surface area contributed by atoms with Gasteiger partial charge in [0.25, 0.3) is 11.5 Å². The monoisotopic (exact) mass is 303 g/mol. The molecule has 1 aliphatic rings. The zero-order valence-electron chi connectivity index (χ0n) is 11.5. The third kappa shape index (κ3) is 3.44. The van der Waals surface area contributed by atoms with Crippen molar-refractivity contribution in [2.75, 3.05) is 20.1 Å². The Morgan fingerprint density at radius 2 is 2.14 bits per heavy atom. The van der Waals surface area contributed by atoms with Crippen molar-refractivity contribution in [1.29, 1.82) is 0 Å². The van der Waals surface area contributed by atoms with Gasteiger partial charge in [-0.25, -0.2) is 0 Å². The molecule has 5 nitrogen and oxygen atoms in total. The van der Waals surface area contributed by atoms with E-state index in [0.717, 1.165) is 18.9 Å². The quantitative estimate of drug-likeness (QED) is 0.863. The summed E-state index contributed by atoms with van der Waals surface area (Å²) in [5, 5.41) is 3.06. The molecule has 8 heteroatoms. The molecule has 1 fully saturated rings. The number of amides is 1. The molecule has 0 aliphatic carbocycles. The predicted octanol–water partition coefficient (Wildman–Crippen LogP) is 1.22. The molecular weight excluding hydrogens is 287 g/mol. The van der Waals surface area contributed by atoms with Crippen LogP contribution in [0.3, 0.4) is 0 Å². The van der Waals surface area contributed by atoms with E-state index in [4.69, 9.17) is 0 Å². The third-order valence-corrected chi connectivity index (χ3v) is 3.56. The summed E-state index contributed by atoms with van der Waals surface area (Å²) in [6.07, 6.45) is -2.93. The van der Waals surface area contributed by atoms with Crippen LogP contribution in [-0.2, 0) is 6.18 Å². The van der Waals surface area contributed by atoms with E-state index in [1.807, 2.05) is 0 Å². The van der Waals surface area contributed by atoms with Gasteiger partial charge in [0.15, 0.2) is 0 Å². The highest BCUT2D eigenvalue weighted by molar-refractivity contribution is 5.93. The molecule has 2 rings (SSSR count). The summed E-state index contributed by atoms with van der Waals surface area (Å²) in [7, 11) is 1.78. The zero-order chi connectivity index (χ0) is 15.6. The number of hydrogen-bond donors (Lipinski definition) is 2. The van der Waals surface area contributed by atoms with Crippen molar-refractivity contribution < 1.29 is 18.0 Å². The third-order valence-electron chi connectivity index (χ3n) is 3.56. The summed E-state index contributed by atoms with van der Waals surface area (Å²) >= 11 is 0. The van der Waals surface area contributed by atoms with Gasteiger partial charge in [0.2, 0.25) is 0 Å². The number of likely N-dealkylation sites (N-methyl/N-ethyl adjacent to an activating group) is 1. The van der Waals surface area contributed by atoms with Gasteiger partial charge >= 0.3 is 6.18 Å². The molecule has 1 amide bonds. The molecule has 0 radical (unpaired) electrons. The zero-order valence-corrected chi connectivity index (χ0v) is 11.5. The lowest BCUT2D eigenvalue weighted by Crippen LogP contribution is -2.48. The first-order valence-electron chi connectivity index (χ1n) is 6.60. The maximum atomic E-state index is 12.5. The number of likely N-dealkylation sites (tertiary alicyclic amines) is 1. The van der Waals surface area contributed by atoms with Gasteiger partial charge in [-0.1, -0.05) is 0 Å². The van der Waals surface area contributed by atoms with Gasteiger partial charge < -0.3 is 15.2 Å². The second-order valence-electron chi connectivity index (χ2n) is 4.99. The van der Waals surface area contributed by atoms with Crippen molar-refractivity contribution in [2.45, 2.75) is 25.1 Å². The molecule has 1 unspecified atom stereocenters. The first-order chi connectivity index (χ1) is 9.82. The van der Waals surface area contributed by atoms with Gasteiger partial charge in [0, 0.05) is 19.1 Å². The molecule has 116 valence electrons. The molecule has 2 N–H and O–H groups in total. The highest BCUT2D eigenvalue weighted by atomic mass is 19.4. The second-order valence-corrected chi connectivity index (χ2v) is 4.99. The van der Waals surface area contributed by atoms with Crippen LogP contribution in [0.1, 0.15) is 28.9 Å². The summed E-state index contributed by atoms with van der Waals surface area (Å²) in [6.45, 7) is 0.938. The maximum Gasteiger partial charge on any atom is 0.431 e. The second kappa shape index (κ2) is 5.88. The molecule has 0 saturated carbocycles. The Morgan fingerprint density at radius 3 is 2.71 bits per heavy atom.